The number of amides is 1. The first-order valence-electron chi connectivity index (χ1n) is 15.1. The first-order valence-corrected chi connectivity index (χ1v) is 16.9. The van der Waals surface area contributed by atoms with Crippen molar-refractivity contribution in [2.24, 2.45) is 0 Å². The van der Waals surface area contributed by atoms with E-state index in [1.807, 2.05) is 49.4 Å². The number of hydrogen-bond acceptors (Lipinski definition) is 8. The SMILES string of the molecule is Cc1cccc(COc2ccc(C(O)=C3C(=O)C(=O)N(c4nnc(SCc5ccccc5F)s4)C3c3ccc(C(C)C)cc3)cc2)c1. The standard InChI is InChI=1S/C37H32FN3O4S2/c1-22(2)25-11-13-26(14-12-25)32-31(33(42)27-15-17-29(18-16-27)45-20-24-8-6-7-23(3)19-24)34(43)35(44)41(32)36-39-40-37(47-36)46-21-28-9-4-5-10-30(28)38/h4-19,22,32,42H,20-21H2,1-3H3. The summed E-state index contributed by atoms with van der Waals surface area (Å²) in [4.78, 5) is 28.6. The molecule has 0 bridgehead atoms. The summed E-state index contributed by atoms with van der Waals surface area (Å²) in [6.07, 6.45) is 0. The van der Waals surface area contributed by atoms with Gasteiger partial charge in [-0.3, -0.25) is 14.5 Å². The van der Waals surface area contributed by atoms with Crippen LogP contribution >= 0.6 is 23.1 Å². The van der Waals surface area contributed by atoms with Crippen LogP contribution in [0.2, 0.25) is 0 Å². The lowest BCUT2D eigenvalue weighted by Crippen LogP contribution is -2.29. The number of thioether (sulfide) groups is 1. The van der Waals surface area contributed by atoms with Crippen molar-refractivity contribution in [1.29, 1.82) is 0 Å². The average Bonchev–Trinajstić information content (AvgIpc) is 3.65. The number of aliphatic hydroxyl groups is 1. The molecule has 0 saturated carbocycles. The molecule has 47 heavy (non-hydrogen) atoms. The summed E-state index contributed by atoms with van der Waals surface area (Å²) in [7, 11) is 0. The van der Waals surface area contributed by atoms with Gasteiger partial charge in [-0.15, -0.1) is 10.2 Å². The number of aryl methyl sites for hydroxylation is 1. The highest BCUT2D eigenvalue weighted by Gasteiger charge is 2.48. The Morgan fingerprint density at radius 2 is 1.72 bits per heavy atom. The maximum atomic E-state index is 14.2. The zero-order chi connectivity index (χ0) is 33.1. The largest absolute Gasteiger partial charge is 0.507 e. The molecule has 1 N–H and O–H groups in total. The van der Waals surface area contributed by atoms with E-state index in [9.17, 15) is 19.1 Å². The Morgan fingerprint density at radius 3 is 2.43 bits per heavy atom. The molecule has 1 unspecified atom stereocenters. The van der Waals surface area contributed by atoms with E-state index < -0.39 is 17.7 Å². The van der Waals surface area contributed by atoms with Gasteiger partial charge in [0.1, 0.15) is 23.9 Å². The number of carbonyl (C=O) groups excluding carboxylic acids is 2. The van der Waals surface area contributed by atoms with Crippen molar-refractivity contribution in [2.45, 2.75) is 49.4 Å². The fourth-order valence-electron chi connectivity index (χ4n) is 5.35. The molecule has 1 aromatic heterocycles. The lowest BCUT2D eigenvalue weighted by molar-refractivity contribution is -0.132. The predicted octanol–water partition coefficient (Wildman–Crippen LogP) is 8.61. The second-order valence-electron chi connectivity index (χ2n) is 11.5. The van der Waals surface area contributed by atoms with Crippen molar-refractivity contribution in [1.82, 2.24) is 10.2 Å². The van der Waals surface area contributed by atoms with Crippen LogP contribution in [0.4, 0.5) is 9.52 Å². The van der Waals surface area contributed by atoms with Gasteiger partial charge >= 0.3 is 5.91 Å². The van der Waals surface area contributed by atoms with Crippen molar-refractivity contribution in [3.8, 4) is 5.75 Å². The van der Waals surface area contributed by atoms with Crippen LogP contribution in [0.25, 0.3) is 5.76 Å². The van der Waals surface area contributed by atoms with Gasteiger partial charge in [-0.1, -0.05) is 109 Å². The fourth-order valence-corrected chi connectivity index (χ4v) is 7.21. The summed E-state index contributed by atoms with van der Waals surface area (Å²) in [6.45, 7) is 6.56. The van der Waals surface area contributed by atoms with E-state index in [2.05, 4.69) is 30.1 Å². The van der Waals surface area contributed by atoms with E-state index >= 15 is 0 Å². The summed E-state index contributed by atoms with van der Waals surface area (Å²) in [5, 5.41) is 20.3. The van der Waals surface area contributed by atoms with Gasteiger partial charge in [-0.2, -0.15) is 0 Å². The number of halogens is 1. The lowest BCUT2D eigenvalue weighted by atomic mass is 9.93. The minimum atomic E-state index is -0.939. The molecular formula is C37H32FN3O4S2. The summed E-state index contributed by atoms with van der Waals surface area (Å²) < 4.78 is 20.6. The minimum Gasteiger partial charge on any atom is -0.507 e. The van der Waals surface area contributed by atoms with Crippen LogP contribution in [0.3, 0.4) is 0 Å². The summed E-state index contributed by atoms with van der Waals surface area (Å²) >= 11 is 2.42. The van der Waals surface area contributed by atoms with Crippen molar-refractivity contribution in [2.75, 3.05) is 4.90 Å². The van der Waals surface area contributed by atoms with Gasteiger partial charge in [-0.25, -0.2) is 4.39 Å². The molecule has 0 spiro atoms. The van der Waals surface area contributed by atoms with Gasteiger partial charge in [0, 0.05) is 11.3 Å². The molecule has 7 nitrogen and oxygen atoms in total. The van der Waals surface area contributed by atoms with Crippen LogP contribution in [-0.4, -0.2) is 27.0 Å². The number of ether oxygens (including phenoxy) is 1. The van der Waals surface area contributed by atoms with Crippen molar-refractivity contribution in [3.63, 3.8) is 0 Å². The van der Waals surface area contributed by atoms with Crippen LogP contribution in [0, 0.1) is 12.7 Å². The van der Waals surface area contributed by atoms with E-state index in [0.29, 0.717) is 39.1 Å². The van der Waals surface area contributed by atoms with E-state index in [1.54, 1.807) is 42.5 Å². The quantitative estimate of drug-likeness (QED) is 0.0525. The first-order chi connectivity index (χ1) is 22.7. The second-order valence-corrected chi connectivity index (χ2v) is 13.7. The van der Waals surface area contributed by atoms with E-state index in [4.69, 9.17) is 4.74 Å². The maximum Gasteiger partial charge on any atom is 0.301 e. The van der Waals surface area contributed by atoms with Crippen LogP contribution in [-0.2, 0) is 21.9 Å². The van der Waals surface area contributed by atoms with E-state index in [1.165, 1.54) is 22.7 Å². The van der Waals surface area contributed by atoms with Crippen molar-refractivity contribution < 1.29 is 23.8 Å². The molecule has 0 radical (unpaired) electrons. The molecule has 4 aromatic carbocycles. The minimum absolute atomic E-state index is 0.0449. The number of ketones is 1. The molecule has 1 saturated heterocycles. The summed E-state index contributed by atoms with van der Waals surface area (Å²) in [6, 6.07) is 28.0. The topological polar surface area (TPSA) is 92.6 Å². The van der Waals surface area contributed by atoms with Gasteiger partial charge < -0.3 is 9.84 Å². The predicted molar refractivity (Wildman–Crippen MR) is 183 cm³/mol. The third-order valence-electron chi connectivity index (χ3n) is 7.89. The highest BCUT2D eigenvalue weighted by Crippen LogP contribution is 2.44. The molecular weight excluding hydrogens is 634 g/mol. The fraction of sp³-hybridized carbons (Fsp3) is 0.189. The van der Waals surface area contributed by atoms with Crippen LogP contribution in [0.1, 0.15) is 59.2 Å². The van der Waals surface area contributed by atoms with Crippen molar-refractivity contribution >= 4 is 45.7 Å². The Bertz CT molecular complexity index is 1960. The van der Waals surface area contributed by atoms with E-state index in [0.717, 1.165) is 28.0 Å². The molecule has 1 aliphatic rings. The molecule has 1 amide bonds. The number of hydrogen-bond donors (Lipinski definition) is 1. The Kier molecular flexibility index (Phi) is 9.51. The monoisotopic (exact) mass is 665 g/mol. The summed E-state index contributed by atoms with van der Waals surface area (Å²) in [5.41, 5.74) is 4.75. The van der Waals surface area contributed by atoms with Gasteiger partial charge in [0.25, 0.3) is 5.78 Å². The number of anilines is 1. The molecule has 5 aromatic rings. The lowest BCUT2D eigenvalue weighted by Gasteiger charge is -2.23. The highest BCUT2D eigenvalue weighted by atomic mass is 32.2. The zero-order valence-electron chi connectivity index (χ0n) is 26.0. The molecule has 6 rings (SSSR count). The molecule has 10 heteroatoms. The number of benzene rings is 4. The Balaban J connectivity index is 1.31. The highest BCUT2D eigenvalue weighted by molar-refractivity contribution is 8.00. The first kappa shape index (κ1) is 32.2. The molecule has 0 aliphatic carbocycles. The third-order valence-corrected chi connectivity index (χ3v) is 9.99. The molecule has 1 atom stereocenters. The number of carbonyl (C=O) groups is 2. The summed E-state index contributed by atoms with van der Waals surface area (Å²) in [5.74, 6) is -1.05. The maximum absolute atomic E-state index is 14.2. The number of aromatic nitrogens is 2. The van der Waals surface area contributed by atoms with Gasteiger partial charge in [0.15, 0.2) is 4.34 Å². The smallest absolute Gasteiger partial charge is 0.301 e. The number of Topliss-reactive ketones (excluding diaryl/α,β-unsaturated/α-hetero) is 1. The third kappa shape index (κ3) is 6.99. The molecule has 2 heterocycles. The number of nitrogens with zero attached hydrogens (tertiary/aromatic N) is 3. The number of rotatable bonds is 10. The second kappa shape index (κ2) is 13.9. The Morgan fingerprint density at radius 1 is 0.979 bits per heavy atom. The molecule has 1 aliphatic heterocycles. The van der Waals surface area contributed by atoms with Gasteiger partial charge in [0.2, 0.25) is 5.13 Å². The average molecular weight is 666 g/mol. The van der Waals surface area contributed by atoms with Crippen LogP contribution in [0.15, 0.2) is 107 Å². The van der Waals surface area contributed by atoms with Crippen LogP contribution < -0.4 is 9.64 Å². The molecule has 238 valence electrons. The van der Waals surface area contributed by atoms with Crippen molar-refractivity contribution in [3.05, 3.63) is 142 Å². The Labute approximate surface area is 280 Å². The van der Waals surface area contributed by atoms with Gasteiger partial charge in [0.05, 0.1) is 11.6 Å². The molecule has 1 fully saturated rings. The number of aliphatic hydroxyl groups excluding tert-OH is 1. The van der Waals surface area contributed by atoms with Gasteiger partial charge in [-0.05, 0) is 65.4 Å². The normalized spacial score (nSPS) is 15.9. The van der Waals surface area contributed by atoms with E-state index in [-0.39, 0.29) is 28.2 Å². The Hall–Kier alpha value is -4.80. The van der Waals surface area contributed by atoms with Crippen LogP contribution in [0.5, 0.6) is 5.75 Å². The zero-order valence-corrected chi connectivity index (χ0v) is 27.6.